The molecular weight excluding hydrogens is 490 g/mol. The van der Waals surface area contributed by atoms with Crippen LogP contribution in [0.15, 0.2) is 32.4 Å². The number of nitrogen functional groups attached to an aromatic ring is 1. The number of oxime groups is 1. The van der Waals surface area contributed by atoms with Crippen molar-refractivity contribution in [3.63, 3.8) is 0 Å². The van der Waals surface area contributed by atoms with Gasteiger partial charge in [0.05, 0.1) is 6.07 Å². The predicted octanol–water partition coefficient (Wildman–Crippen LogP) is -0.247. The van der Waals surface area contributed by atoms with Crippen molar-refractivity contribution >= 4 is 51.7 Å². The molecule has 4 rings (SSSR count). The molecule has 176 valence electrons. The number of carbonyl (C=O) groups excluding carboxylic acids is 2. The molecule has 2 aromatic rings. The molecule has 2 aromatic heterocycles. The molecule has 2 aliphatic heterocycles. The van der Waals surface area contributed by atoms with Crippen LogP contribution in [0.5, 0.6) is 5.88 Å². The summed E-state index contributed by atoms with van der Waals surface area (Å²) in [5.74, 6) is -2.49. The number of thiazole rings is 1. The van der Waals surface area contributed by atoms with Crippen LogP contribution < -0.4 is 15.8 Å². The minimum Gasteiger partial charge on any atom is -0.477 e. The Morgan fingerprint density at radius 3 is 2.94 bits per heavy atom. The van der Waals surface area contributed by atoms with Crippen molar-refractivity contribution in [2.45, 2.75) is 11.4 Å². The van der Waals surface area contributed by atoms with Gasteiger partial charge in [0.15, 0.2) is 10.8 Å². The topological polar surface area (TPSA) is 206 Å². The average molecular weight is 505 g/mol. The first kappa shape index (κ1) is 23.1. The van der Waals surface area contributed by atoms with Crippen LogP contribution in [0.25, 0.3) is 0 Å². The van der Waals surface area contributed by atoms with Crippen LogP contribution in [-0.2, 0) is 19.2 Å². The summed E-state index contributed by atoms with van der Waals surface area (Å²) < 4.78 is 10.1. The number of nitrogens with one attached hydrogen (secondary N) is 1. The van der Waals surface area contributed by atoms with Gasteiger partial charge in [0.1, 0.15) is 42.6 Å². The van der Waals surface area contributed by atoms with E-state index in [9.17, 15) is 19.5 Å². The maximum absolute atomic E-state index is 12.8. The molecule has 2 aliphatic rings. The normalized spacial score (nSPS) is 19.7. The van der Waals surface area contributed by atoms with E-state index in [1.165, 1.54) is 30.3 Å². The third-order valence-corrected chi connectivity index (χ3v) is 6.71. The van der Waals surface area contributed by atoms with Crippen LogP contribution in [0.2, 0.25) is 0 Å². The number of thioether (sulfide) groups is 1. The van der Waals surface area contributed by atoms with Gasteiger partial charge in [-0.15, -0.1) is 23.1 Å². The van der Waals surface area contributed by atoms with Crippen LogP contribution in [0, 0.1) is 11.3 Å². The first-order valence-corrected chi connectivity index (χ1v) is 11.3. The fraction of sp³-hybridized carbons (Fsp3) is 0.278. The van der Waals surface area contributed by atoms with Crippen molar-refractivity contribution in [2.24, 2.45) is 5.16 Å². The van der Waals surface area contributed by atoms with Crippen LogP contribution in [0.3, 0.4) is 0 Å². The van der Waals surface area contributed by atoms with Gasteiger partial charge in [0, 0.05) is 16.7 Å². The number of anilines is 1. The fourth-order valence-electron chi connectivity index (χ4n) is 3.24. The van der Waals surface area contributed by atoms with Crippen molar-refractivity contribution in [1.29, 1.82) is 5.26 Å². The minimum absolute atomic E-state index is 0.00799. The molecule has 2 amide bonds. The van der Waals surface area contributed by atoms with Gasteiger partial charge in [-0.05, 0) is 5.16 Å². The van der Waals surface area contributed by atoms with E-state index in [-0.39, 0.29) is 46.2 Å². The van der Waals surface area contributed by atoms with Gasteiger partial charge >= 0.3 is 5.97 Å². The highest BCUT2D eigenvalue weighted by molar-refractivity contribution is 8.00. The van der Waals surface area contributed by atoms with Crippen LogP contribution in [-0.4, -0.2) is 74.5 Å². The number of hydrogen-bond donors (Lipinski definition) is 3. The number of β-lactam (4-membered cyclic amide) rings is 1. The Kier molecular flexibility index (Phi) is 6.38. The molecule has 0 saturated carbocycles. The Hall–Kier alpha value is -4.10. The predicted molar refractivity (Wildman–Crippen MR) is 116 cm³/mol. The zero-order valence-corrected chi connectivity index (χ0v) is 18.9. The smallest absolute Gasteiger partial charge is 0.352 e. The van der Waals surface area contributed by atoms with Gasteiger partial charge < -0.3 is 30.3 Å². The number of amides is 2. The van der Waals surface area contributed by atoms with E-state index in [1.54, 1.807) is 6.07 Å². The Morgan fingerprint density at radius 1 is 1.53 bits per heavy atom. The lowest BCUT2D eigenvalue weighted by Crippen LogP contribution is -2.71. The second-order valence-corrected chi connectivity index (χ2v) is 8.74. The zero-order valence-electron chi connectivity index (χ0n) is 17.3. The number of carboxylic acids is 1. The summed E-state index contributed by atoms with van der Waals surface area (Å²) in [6.45, 7) is -0.185. The van der Waals surface area contributed by atoms with Crippen LogP contribution in [0.4, 0.5) is 5.13 Å². The number of aromatic nitrogens is 2. The van der Waals surface area contributed by atoms with Crippen molar-refractivity contribution < 1.29 is 33.6 Å². The molecular formula is C18H15N7O7S2. The molecule has 1 unspecified atom stereocenters. The van der Waals surface area contributed by atoms with E-state index >= 15 is 0 Å². The molecule has 2 atom stereocenters. The fourth-order valence-corrected chi connectivity index (χ4v) is 5.11. The first-order chi connectivity index (χ1) is 16.3. The Labute approximate surface area is 199 Å². The number of hydrogen-bond acceptors (Lipinski definition) is 13. The molecule has 0 aliphatic carbocycles. The van der Waals surface area contributed by atoms with Crippen LogP contribution in [0.1, 0.15) is 11.5 Å². The van der Waals surface area contributed by atoms with Crippen molar-refractivity contribution in [2.75, 3.05) is 25.2 Å². The van der Waals surface area contributed by atoms with Gasteiger partial charge in [0.2, 0.25) is 5.76 Å². The van der Waals surface area contributed by atoms with Gasteiger partial charge in [-0.25, -0.2) is 9.78 Å². The van der Waals surface area contributed by atoms with E-state index in [2.05, 4.69) is 20.6 Å². The lowest BCUT2D eigenvalue weighted by molar-refractivity contribution is -0.150. The first-order valence-electron chi connectivity index (χ1n) is 9.37. The van der Waals surface area contributed by atoms with E-state index < -0.39 is 29.2 Å². The molecule has 0 radical (unpaired) electrons. The number of nitrogens with zero attached hydrogens (tertiary/aromatic N) is 5. The third kappa shape index (κ3) is 4.25. The highest BCUT2D eigenvalue weighted by Gasteiger charge is 2.54. The number of fused-ring (bicyclic) bond motifs is 1. The lowest BCUT2D eigenvalue weighted by Gasteiger charge is -2.49. The Morgan fingerprint density at radius 2 is 2.32 bits per heavy atom. The maximum atomic E-state index is 12.8. The number of nitriles is 1. The molecule has 0 bridgehead atoms. The monoisotopic (exact) mass is 505 g/mol. The number of ether oxygens (including phenoxy) is 1. The molecule has 1 fully saturated rings. The third-order valence-electron chi connectivity index (χ3n) is 4.69. The summed E-state index contributed by atoms with van der Waals surface area (Å²) in [4.78, 5) is 47.3. The number of carbonyl (C=O) groups is 3. The molecule has 4 N–H and O–H groups in total. The number of rotatable bonds is 8. The quantitative estimate of drug-likeness (QED) is 0.241. The van der Waals surface area contributed by atoms with Gasteiger partial charge in [-0.3, -0.25) is 14.5 Å². The molecule has 0 spiro atoms. The summed E-state index contributed by atoms with van der Waals surface area (Å²) in [7, 11) is 1.25. The molecule has 4 heterocycles. The largest absolute Gasteiger partial charge is 0.477 e. The molecule has 34 heavy (non-hydrogen) atoms. The summed E-state index contributed by atoms with van der Waals surface area (Å²) in [5, 5.41) is 29.4. The summed E-state index contributed by atoms with van der Waals surface area (Å²) in [5.41, 5.74) is 5.71. The summed E-state index contributed by atoms with van der Waals surface area (Å²) in [6.07, 6.45) is 0. The number of carboxylic acid groups (broad SMARTS) is 1. The highest BCUT2D eigenvalue weighted by atomic mass is 32.2. The van der Waals surface area contributed by atoms with Crippen LogP contribution >= 0.6 is 23.1 Å². The second kappa shape index (κ2) is 9.41. The van der Waals surface area contributed by atoms with Gasteiger partial charge in [-0.1, -0.05) is 5.16 Å². The van der Waals surface area contributed by atoms with E-state index in [4.69, 9.17) is 25.1 Å². The van der Waals surface area contributed by atoms with Crippen molar-refractivity contribution in [1.82, 2.24) is 20.4 Å². The summed E-state index contributed by atoms with van der Waals surface area (Å²) >= 11 is 2.36. The zero-order chi connectivity index (χ0) is 24.4. The molecule has 16 heteroatoms. The van der Waals surface area contributed by atoms with E-state index in [0.717, 1.165) is 16.2 Å². The molecule has 14 nitrogen and oxygen atoms in total. The Balaban J connectivity index is 1.48. The Bertz CT molecular complexity index is 1260. The molecule has 1 saturated heterocycles. The van der Waals surface area contributed by atoms with Crippen molar-refractivity contribution in [3.05, 3.63) is 34.2 Å². The molecule has 0 aromatic carbocycles. The minimum atomic E-state index is -1.32. The van der Waals surface area contributed by atoms with E-state index in [1.807, 2.05) is 0 Å². The second-order valence-electron chi connectivity index (χ2n) is 6.74. The van der Waals surface area contributed by atoms with Gasteiger partial charge in [-0.2, -0.15) is 5.26 Å². The maximum Gasteiger partial charge on any atom is 0.352 e. The van der Waals surface area contributed by atoms with Gasteiger partial charge in [0.25, 0.3) is 17.7 Å². The number of nitrogens with two attached hydrogens (primary N) is 1. The standard InChI is InChI=1S/C18H15N7O7S2/c1-30-24-11(9-6-34-18(20)21-9)14(26)22-12-15(27)25-13(17(28)29)7(5-33-16(12)25)4-31-10-2-8(3-19)32-23-10/h2,6,12,16H,4-5H2,1H3,(H2,20,21)(H,22,26)(H,28,29)/b24-11-/t12?,16-/m1/s1. The number of aliphatic carboxylic acids is 1. The average Bonchev–Trinajstić information content (AvgIpc) is 3.47. The van der Waals surface area contributed by atoms with E-state index in [0.29, 0.717) is 5.57 Å². The summed E-state index contributed by atoms with van der Waals surface area (Å²) in [6, 6.07) is 2.03. The lowest BCUT2D eigenvalue weighted by atomic mass is 10.0. The highest BCUT2D eigenvalue weighted by Crippen LogP contribution is 2.40. The SMILES string of the molecule is CO/N=C(\C(=O)NC1C(=O)N2C(C(=O)O)=C(COc3cc(C#N)on3)CS[C@H]12)c1csc(N)n1. The van der Waals surface area contributed by atoms with Crippen molar-refractivity contribution in [3.8, 4) is 11.9 Å².